The maximum Gasteiger partial charge on any atom is 0.258 e. The first-order valence-corrected chi connectivity index (χ1v) is 20.1. The van der Waals surface area contributed by atoms with Crippen molar-refractivity contribution in [2.45, 2.75) is 58.3 Å². The molecule has 2 aromatic carbocycles. The highest BCUT2D eigenvalue weighted by atomic mass is 16.5. The molecule has 0 bridgehead atoms. The number of aromatic nitrogens is 5. The van der Waals surface area contributed by atoms with Gasteiger partial charge in [0.25, 0.3) is 5.91 Å². The fourth-order valence-corrected chi connectivity index (χ4v) is 8.39. The lowest BCUT2D eigenvalue weighted by Gasteiger charge is -2.42. The van der Waals surface area contributed by atoms with E-state index in [1.54, 1.807) is 23.4 Å². The molecule has 5 N–H and O–H groups in total. The number of piperazine rings is 1. The van der Waals surface area contributed by atoms with Gasteiger partial charge in [-0.15, -0.1) is 0 Å². The SMILES string of the molecule is CC(C)c1cc(C(=O)N2Cc3ccc(CN4CCC(C(=O)N5CCN(c6nc(-c7cnc(N)nc7)nc(N7CCOCC7)n6)[C@H](CO)C5)CC4)cc3C2)c(O)cc1O. The number of hydrogen-bond donors (Lipinski definition) is 4. The van der Waals surface area contributed by atoms with E-state index in [0.29, 0.717) is 87.9 Å². The van der Waals surface area contributed by atoms with Gasteiger partial charge < -0.3 is 45.4 Å². The van der Waals surface area contributed by atoms with Crippen LogP contribution in [0, 0.1) is 5.92 Å². The largest absolute Gasteiger partial charge is 0.508 e. The van der Waals surface area contributed by atoms with Gasteiger partial charge in [-0.2, -0.15) is 15.0 Å². The molecule has 58 heavy (non-hydrogen) atoms. The number of aliphatic hydroxyl groups excluding tert-OH is 1. The van der Waals surface area contributed by atoms with E-state index in [2.05, 4.69) is 33.1 Å². The van der Waals surface area contributed by atoms with E-state index in [1.807, 2.05) is 28.5 Å². The Morgan fingerprint density at radius 3 is 2.31 bits per heavy atom. The van der Waals surface area contributed by atoms with Crippen LogP contribution < -0.4 is 15.5 Å². The van der Waals surface area contributed by atoms with Crippen LogP contribution >= 0.6 is 0 Å². The highest BCUT2D eigenvalue weighted by Crippen LogP contribution is 2.35. The minimum Gasteiger partial charge on any atom is -0.508 e. The summed E-state index contributed by atoms with van der Waals surface area (Å²) in [4.78, 5) is 60.0. The number of anilines is 3. The molecule has 4 aliphatic rings. The number of phenolic OH excluding ortho intramolecular Hbond substituents is 2. The topological polar surface area (TPSA) is 211 Å². The third-order valence-corrected chi connectivity index (χ3v) is 11.7. The number of nitrogens with two attached hydrogens (primary N) is 1. The molecular weight excluding hydrogens is 743 g/mol. The summed E-state index contributed by atoms with van der Waals surface area (Å²) in [5.74, 6) is 0.988. The average molecular weight is 794 g/mol. The lowest BCUT2D eigenvalue weighted by Crippen LogP contribution is -2.58. The number of ether oxygens (including phenoxy) is 1. The number of aliphatic hydroxyl groups is 1. The molecule has 0 radical (unpaired) electrons. The van der Waals surface area contributed by atoms with Gasteiger partial charge in [0.1, 0.15) is 11.5 Å². The molecule has 1 atom stereocenters. The van der Waals surface area contributed by atoms with E-state index in [0.717, 1.165) is 49.2 Å². The second-order valence-electron chi connectivity index (χ2n) is 15.9. The van der Waals surface area contributed by atoms with Crippen molar-refractivity contribution in [1.82, 2.24) is 39.6 Å². The second kappa shape index (κ2) is 16.7. The fourth-order valence-electron chi connectivity index (χ4n) is 8.39. The lowest BCUT2D eigenvalue weighted by molar-refractivity contribution is -0.138. The molecule has 0 unspecified atom stereocenters. The maximum absolute atomic E-state index is 13.9. The molecule has 4 aromatic rings. The summed E-state index contributed by atoms with van der Waals surface area (Å²) in [6.45, 7) is 10.6. The van der Waals surface area contributed by atoms with E-state index < -0.39 is 6.04 Å². The molecule has 6 heterocycles. The van der Waals surface area contributed by atoms with Crippen molar-refractivity contribution >= 4 is 29.7 Å². The van der Waals surface area contributed by atoms with Crippen molar-refractivity contribution in [2.75, 3.05) is 81.2 Å². The number of benzene rings is 2. The van der Waals surface area contributed by atoms with E-state index >= 15 is 0 Å². The number of carbonyl (C=O) groups excluding carboxylic acids is 2. The number of fused-ring (bicyclic) bond motifs is 1. The van der Waals surface area contributed by atoms with Gasteiger partial charge in [0.05, 0.1) is 37.0 Å². The Balaban J connectivity index is 0.870. The Morgan fingerprint density at radius 1 is 0.862 bits per heavy atom. The highest BCUT2D eigenvalue weighted by Gasteiger charge is 2.36. The van der Waals surface area contributed by atoms with Gasteiger partial charge in [0.2, 0.25) is 23.8 Å². The Bertz CT molecular complexity index is 2140. The van der Waals surface area contributed by atoms with Crippen molar-refractivity contribution in [2.24, 2.45) is 5.92 Å². The predicted octanol–water partition coefficient (Wildman–Crippen LogP) is 2.36. The maximum atomic E-state index is 13.9. The molecule has 2 amide bonds. The van der Waals surface area contributed by atoms with Gasteiger partial charge in [0, 0.05) is 76.7 Å². The summed E-state index contributed by atoms with van der Waals surface area (Å²) in [7, 11) is 0. The molecule has 17 heteroatoms. The lowest BCUT2D eigenvalue weighted by atomic mass is 9.94. The van der Waals surface area contributed by atoms with Crippen LogP contribution in [0.4, 0.5) is 17.8 Å². The number of nitrogens with zero attached hydrogens (tertiary/aromatic N) is 10. The number of amides is 2. The summed E-state index contributed by atoms with van der Waals surface area (Å²) >= 11 is 0. The van der Waals surface area contributed by atoms with Crippen molar-refractivity contribution in [1.29, 1.82) is 0 Å². The van der Waals surface area contributed by atoms with Crippen LogP contribution in [0.1, 0.15) is 65.2 Å². The molecule has 0 saturated carbocycles. The normalized spacial score (nSPS) is 19.2. The first kappa shape index (κ1) is 39.2. The van der Waals surface area contributed by atoms with Crippen LogP contribution in [0.25, 0.3) is 11.4 Å². The van der Waals surface area contributed by atoms with Gasteiger partial charge >= 0.3 is 0 Å². The fraction of sp³-hybridized carbons (Fsp3) is 0.488. The number of aromatic hydroxyl groups is 2. The van der Waals surface area contributed by atoms with Crippen LogP contribution in [-0.4, -0.2) is 138 Å². The number of likely N-dealkylation sites (tertiary alicyclic amines) is 1. The van der Waals surface area contributed by atoms with Crippen molar-refractivity contribution in [3.8, 4) is 22.9 Å². The number of piperidine rings is 1. The molecule has 4 aliphatic heterocycles. The summed E-state index contributed by atoms with van der Waals surface area (Å²) in [5, 5.41) is 31.3. The Labute approximate surface area is 337 Å². The smallest absolute Gasteiger partial charge is 0.258 e. The minimum absolute atomic E-state index is 0.0000205. The van der Waals surface area contributed by atoms with Crippen molar-refractivity contribution in [3.63, 3.8) is 0 Å². The number of nitrogen functional groups attached to an aromatic ring is 1. The summed E-state index contributed by atoms with van der Waals surface area (Å²) in [6.07, 6.45) is 4.65. The van der Waals surface area contributed by atoms with Crippen LogP contribution in [-0.2, 0) is 29.2 Å². The summed E-state index contributed by atoms with van der Waals surface area (Å²) in [6, 6.07) is 8.80. The molecule has 3 saturated heterocycles. The molecule has 3 fully saturated rings. The molecule has 306 valence electrons. The zero-order valence-corrected chi connectivity index (χ0v) is 33.0. The molecule has 2 aromatic heterocycles. The van der Waals surface area contributed by atoms with Crippen molar-refractivity contribution in [3.05, 3.63) is 70.5 Å². The van der Waals surface area contributed by atoms with Gasteiger partial charge in [-0.3, -0.25) is 14.5 Å². The highest BCUT2D eigenvalue weighted by molar-refractivity contribution is 5.97. The quantitative estimate of drug-likeness (QED) is 0.192. The molecule has 17 nitrogen and oxygen atoms in total. The van der Waals surface area contributed by atoms with E-state index in [4.69, 9.17) is 25.4 Å². The van der Waals surface area contributed by atoms with Crippen molar-refractivity contribution < 1.29 is 29.6 Å². The summed E-state index contributed by atoms with van der Waals surface area (Å²) < 4.78 is 5.54. The number of hydrogen-bond acceptors (Lipinski definition) is 15. The molecule has 8 rings (SSSR count). The zero-order valence-electron chi connectivity index (χ0n) is 33.0. The average Bonchev–Trinajstić information content (AvgIpc) is 3.67. The monoisotopic (exact) mass is 793 g/mol. The van der Waals surface area contributed by atoms with Crippen LogP contribution in [0.5, 0.6) is 11.5 Å². The van der Waals surface area contributed by atoms with Gasteiger partial charge in [-0.1, -0.05) is 32.0 Å². The van der Waals surface area contributed by atoms with Gasteiger partial charge in [0.15, 0.2) is 5.82 Å². The summed E-state index contributed by atoms with van der Waals surface area (Å²) in [5.41, 5.74) is 10.5. The zero-order chi connectivity index (χ0) is 40.5. The third kappa shape index (κ3) is 8.19. The Kier molecular flexibility index (Phi) is 11.3. The molecule has 0 spiro atoms. The van der Waals surface area contributed by atoms with Gasteiger partial charge in [-0.25, -0.2) is 9.97 Å². The number of phenols is 2. The third-order valence-electron chi connectivity index (χ3n) is 11.7. The standard InChI is InChI=1S/C41H51N11O6/c1-25(2)32-16-33(35(55)17-34(32)54)38(57)51-21-28-4-3-26(15-29(28)22-51)20-48-7-5-27(6-8-48)37(56)50-9-10-52(31(23-50)24-53)41-46-36(30-18-43-39(42)44-19-30)45-40(47-41)49-11-13-58-14-12-49/h3-4,15-19,25,27,31,53-55H,5-14,20-24H2,1-2H3,(H2,42,43,44)/t31-/m0/s1. The number of morpholine rings is 1. The van der Waals surface area contributed by atoms with E-state index in [-0.39, 0.29) is 53.3 Å². The van der Waals surface area contributed by atoms with Crippen LogP contribution in [0.2, 0.25) is 0 Å². The van der Waals surface area contributed by atoms with E-state index in [1.165, 1.54) is 6.07 Å². The van der Waals surface area contributed by atoms with Gasteiger partial charge in [-0.05, 0) is 60.2 Å². The number of carbonyl (C=O) groups is 2. The molecule has 0 aliphatic carbocycles. The Hall–Kier alpha value is -5.65. The van der Waals surface area contributed by atoms with Crippen LogP contribution in [0.15, 0.2) is 42.7 Å². The first-order valence-electron chi connectivity index (χ1n) is 20.1. The minimum atomic E-state index is -0.399. The van der Waals surface area contributed by atoms with E-state index in [9.17, 15) is 24.9 Å². The van der Waals surface area contributed by atoms with Crippen LogP contribution in [0.3, 0.4) is 0 Å². The predicted molar refractivity (Wildman–Crippen MR) is 215 cm³/mol. The second-order valence-corrected chi connectivity index (χ2v) is 15.9. The Morgan fingerprint density at radius 2 is 1.59 bits per heavy atom. The number of rotatable bonds is 9. The molecular formula is C41H51N11O6. The first-order chi connectivity index (χ1) is 28.0.